The molecule has 7 nitrogen and oxygen atoms in total. The summed E-state index contributed by atoms with van der Waals surface area (Å²) in [5.74, 6) is -1.38. The standard InChI is InChI=1S/C24H25F2N3O4/c25-18-5-1-15(2-6-18)24(32,16-3-7-19(26)8-4-16)17-11-29(12-17)23(31)28-10-9-21-20(13-28)27-22(30)14-33-21/h1-8,17,20-21,32H,9-14H2,(H,27,30)/t20-,21+/m1/s1. The molecule has 174 valence electrons. The Morgan fingerprint density at radius 1 is 0.970 bits per heavy atom. The minimum Gasteiger partial charge on any atom is -0.380 e. The maximum Gasteiger partial charge on any atom is 0.320 e. The molecule has 2 aromatic carbocycles. The second kappa shape index (κ2) is 8.39. The fraction of sp³-hybridized carbons (Fsp3) is 0.417. The Morgan fingerprint density at radius 2 is 1.55 bits per heavy atom. The lowest BCUT2D eigenvalue weighted by molar-refractivity contribution is -0.140. The van der Waals surface area contributed by atoms with Crippen LogP contribution in [0.2, 0.25) is 0 Å². The van der Waals surface area contributed by atoms with Gasteiger partial charge in [0.05, 0.1) is 12.1 Å². The van der Waals surface area contributed by atoms with Gasteiger partial charge in [-0.05, 0) is 41.8 Å². The number of carbonyl (C=O) groups is 2. The number of urea groups is 1. The van der Waals surface area contributed by atoms with Crippen LogP contribution in [0.15, 0.2) is 48.5 Å². The fourth-order valence-electron chi connectivity index (χ4n) is 5.02. The third-order valence-electron chi connectivity index (χ3n) is 6.91. The van der Waals surface area contributed by atoms with Gasteiger partial charge in [0.2, 0.25) is 5.91 Å². The number of amides is 3. The highest BCUT2D eigenvalue weighted by molar-refractivity contribution is 5.79. The normalized spacial score (nSPS) is 23.5. The van der Waals surface area contributed by atoms with Gasteiger partial charge in [-0.15, -0.1) is 0 Å². The highest BCUT2D eigenvalue weighted by atomic mass is 19.1. The number of ether oxygens (including phenoxy) is 1. The molecule has 2 N–H and O–H groups in total. The molecule has 0 unspecified atom stereocenters. The number of benzene rings is 2. The van der Waals surface area contributed by atoms with Crippen molar-refractivity contribution in [3.05, 3.63) is 71.3 Å². The number of hydrogen-bond donors (Lipinski definition) is 2. The molecule has 0 saturated carbocycles. The van der Waals surface area contributed by atoms with Crippen molar-refractivity contribution in [1.82, 2.24) is 15.1 Å². The number of likely N-dealkylation sites (tertiary alicyclic amines) is 2. The number of fused-ring (bicyclic) bond motifs is 1. The molecule has 2 aromatic rings. The van der Waals surface area contributed by atoms with Gasteiger partial charge in [-0.1, -0.05) is 24.3 Å². The van der Waals surface area contributed by atoms with Gasteiger partial charge < -0.3 is 25.0 Å². The van der Waals surface area contributed by atoms with E-state index in [-0.39, 0.29) is 49.7 Å². The number of aliphatic hydroxyl groups is 1. The summed E-state index contributed by atoms with van der Waals surface area (Å²) in [4.78, 5) is 28.1. The van der Waals surface area contributed by atoms with Crippen LogP contribution in [0.1, 0.15) is 17.5 Å². The summed E-state index contributed by atoms with van der Waals surface area (Å²) in [6.07, 6.45) is 0.557. The van der Waals surface area contributed by atoms with Crippen molar-refractivity contribution in [3.63, 3.8) is 0 Å². The van der Waals surface area contributed by atoms with Gasteiger partial charge in [0.15, 0.2) is 0 Å². The Bertz CT molecular complexity index is 995. The van der Waals surface area contributed by atoms with E-state index in [1.165, 1.54) is 48.5 Å². The van der Waals surface area contributed by atoms with Gasteiger partial charge in [-0.3, -0.25) is 4.79 Å². The molecular weight excluding hydrogens is 432 g/mol. The van der Waals surface area contributed by atoms with E-state index in [4.69, 9.17) is 4.74 Å². The van der Waals surface area contributed by atoms with Gasteiger partial charge in [0.1, 0.15) is 23.8 Å². The molecule has 0 radical (unpaired) electrons. The quantitative estimate of drug-likeness (QED) is 0.737. The smallest absolute Gasteiger partial charge is 0.320 e. The van der Waals surface area contributed by atoms with Crippen LogP contribution in [0.3, 0.4) is 0 Å². The van der Waals surface area contributed by atoms with Crippen molar-refractivity contribution in [3.8, 4) is 0 Å². The largest absolute Gasteiger partial charge is 0.380 e. The molecule has 3 amide bonds. The van der Waals surface area contributed by atoms with Gasteiger partial charge in [0, 0.05) is 32.1 Å². The molecule has 0 aromatic heterocycles. The van der Waals surface area contributed by atoms with Gasteiger partial charge >= 0.3 is 6.03 Å². The number of nitrogens with one attached hydrogen (secondary N) is 1. The minimum atomic E-state index is -1.50. The Balaban J connectivity index is 1.31. The third-order valence-corrected chi connectivity index (χ3v) is 6.91. The average Bonchev–Trinajstić information content (AvgIpc) is 2.78. The summed E-state index contributed by atoms with van der Waals surface area (Å²) < 4.78 is 32.6. The Labute approximate surface area is 189 Å². The van der Waals surface area contributed by atoms with Crippen LogP contribution in [-0.4, -0.2) is 71.8 Å². The van der Waals surface area contributed by atoms with E-state index in [0.717, 1.165) is 0 Å². The Morgan fingerprint density at radius 3 is 2.12 bits per heavy atom. The molecule has 0 aliphatic carbocycles. The summed E-state index contributed by atoms with van der Waals surface area (Å²) in [6.45, 7) is 1.52. The number of carbonyl (C=O) groups excluding carboxylic acids is 2. The summed E-state index contributed by atoms with van der Waals surface area (Å²) >= 11 is 0. The molecule has 3 aliphatic heterocycles. The van der Waals surface area contributed by atoms with Gasteiger partial charge in [-0.2, -0.15) is 0 Å². The van der Waals surface area contributed by atoms with Crippen molar-refractivity contribution in [2.45, 2.75) is 24.2 Å². The minimum absolute atomic E-state index is 0.0499. The van der Waals surface area contributed by atoms with Crippen LogP contribution in [0.25, 0.3) is 0 Å². The van der Waals surface area contributed by atoms with E-state index in [2.05, 4.69) is 5.32 Å². The van der Waals surface area contributed by atoms with Crippen LogP contribution in [0.4, 0.5) is 13.6 Å². The highest BCUT2D eigenvalue weighted by Gasteiger charge is 2.49. The summed E-state index contributed by atoms with van der Waals surface area (Å²) in [7, 11) is 0. The molecule has 33 heavy (non-hydrogen) atoms. The predicted molar refractivity (Wildman–Crippen MR) is 114 cm³/mol. The number of morpholine rings is 1. The lowest BCUT2D eigenvalue weighted by atomic mass is 9.72. The zero-order chi connectivity index (χ0) is 23.2. The molecule has 3 fully saturated rings. The molecule has 3 heterocycles. The maximum absolute atomic E-state index is 13.5. The third kappa shape index (κ3) is 3.95. The Hall–Kier alpha value is -3.04. The van der Waals surface area contributed by atoms with Crippen molar-refractivity contribution in [2.24, 2.45) is 5.92 Å². The van der Waals surface area contributed by atoms with E-state index in [1.807, 2.05) is 0 Å². The first-order valence-electron chi connectivity index (χ1n) is 11.0. The van der Waals surface area contributed by atoms with Crippen molar-refractivity contribution in [2.75, 3.05) is 32.8 Å². The predicted octanol–water partition coefficient (Wildman–Crippen LogP) is 1.84. The van der Waals surface area contributed by atoms with Crippen molar-refractivity contribution in [1.29, 1.82) is 0 Å². The molecule has 3 aliphatic rings. The lowest BCUT2D eigenvalue weighted by Crippen LogP contribution is -2.65. The first-order chi connectivity index (χ1) is 15.8. The van der Waals surface area contributed by atoms with Crippen LogP contribution in [0.5, 0.6) is 0 Å². The zero-order valence-electron chi connectivity index (χ0n) is 17.9. The maximum atomic E-state index is 13.5. The number of halogens is 2. The second-order valence-electron chi connectivity index (χ2n) is 8.92. The first-order valence-corrected chi connectivity index (χ1v) is 11.0. The van der Waals surface area contributed by atoms with Crippen molar-refractivity contribution < 1.29 is 28.2 Å². The van der Waals surface area contributed by atoms with E-state index in [9.17, 15) is 23.5 Å². The monoisotopic (exact) mass is 457 g/mol. The summed E-state index contributed by atoms with van der Waals surface area (Å²) in [5, 5.41) is 14.7. The SMILES string of the molecule is O=C1CO[C@H]2CCN(C(=O)N3CC(C(O)(c4ccc(F)cc4)c4ccc(F)cc4)C3)C[C@H]2N1. The number of piperidine rings is 1. The van der Waals surface area contributed by atoms with Crippen molar-refractivity contribution >= 4 is 11.9 Å². The first kappa shape index (κ1) is 21.8. The van der Waals surface area contributed by atoms with Gasteiger partial charge in [0.25, 0.3) is 0 Å². The molecule has 3 saturated heterocycles. The van der Waals surface area contributed by atoms with Crippen LogP contribution in [0, 0.1) is 17.6 Å². The zero-order valence-corrected chi connectivity index (χ0v) is 17.9. The molecule has 5 rings (SSSR count). The van der Waals surface area contributed by atoms with Gasteiger partial charge in [-0.25, -0.2) is 13.6 Å². The summed E-state index contributed by atoms with van der Waals surface area (Å²) in [6, 6.07) is 10.8. The van der Waals surface area contributed by atoms with E-state index in [0.29, 0.717) is 30.6 Å². The van der Waals surface area contributed by atoms with Crippen LogP contribution < -0.4 is 5.32 Å². The molecule has 9 heteroatoms. The van der Waals surface area contributed by atoms with E-state index in [1.54, 1.807) is 9.80 Å². The van der Waals surface area contributed by atoms with Crippen LogP contribution >= 0.6 is 0 Å². The molecule has 0 spiro atoms. The fourth-order valence-corrected chi connectivity index (χ4v) is 5.02. The lowest BCUT2D eigenvalue weighted by Gasteiger charge is -2.50. The number of rotatable bonds is 3. The summed E-state index contributed by atoms with van der Waals surface area (Å²) in [5.41, 5.74) is -0.540. The van der Waals surface area contributed by atoms with Crippen LogP contribution in [-0.2, 0) is 15.1 Å². The molecular formula is C24H25F2N3O4. The number of nitrogens with zero attached hydrogens (tertiary/aromatic N) is 2. The number of hydrogen-bond acceptors (Lipinski definition) is 4. The second-order valence-corrected chi connectivity index (χ2v) is 8.92. The molecule has 2 atom stereocenters. The Kier molecular flexibility index (Phi) is 5.54. The van der Waals surface area contributed by atoms with E-state index >= 15 is 0 Å². The molecule has 0 bridgehead atoms. The van der Waals surface area contributed by atoms with E-state index < -0.39 is 17.2 Å². The topological polar surface area (TPSA) is 82.1 Å². The average molecular weight is 457 g/mol. The highest BCUT2D eigenvalue weighted by Crippen LogP contribution is 2.42.